The molecule has 0 saturated carbocycles. The molecule has 0 amide bonds. The van der Waals surface area contributed by atoms with Crippen LogP contribution in [0.4, 0.5) is 0 Å². The smallest absolute Gasteiger partial charge is 0.0995 e. The molecule has 0 bridgehead atoms. The second kappa shape index (κ2) is 3.20. The van der Waals surface area contributed by atoms with Gasteiger partial charge in [0.15, 0.2) is 0 Å². The molecule has 0 aliphatic carbocycles. The Morgan fingerprint density at radius 1 is 1.40 bits per heavy atom. The fraction of sp³-hybridized carbons (Fsp3) is 0.778. The second-order valence-electron chi connectivity index (χ2n) is 3.99. The standard InChI is InChI=1S/C9H20N/c1-8(2)7-10(5,6)9(3)4/h9H,1,7H2,2-6H3/q+1. The van der Waals surface area contributed by atoms with Crippen molar-refractivity contribution in [3.63, 3.8) is 0 Å². The average Bonchev–Trinajstić information content (AvgIpc) is 1.60. The third-order valence-electron chi connectivity index (χ3n) is 2.08. The summed E-state index contributed by atoms with van der Waals surface area (Å²) < 4.78 is 1.04. The van der Waals surface area contributed by atoms with Crippen molar-refractivity contribution in [1.82, 2.24) is 0 Å². The maximum Gasteiger partial charge on any atom is 0.0995 e. The van der Waals surface area contributed by atoms with Crippen molar-refractivity contribution in [1.29, 1.82) is 0 Å². The van der Waals surface area contributed by atoms with Crippen molar-refractivity contribution >= 4 is 0 Å². The van der Waals surface area contributed by atoms with Gasteiger partial charge >= 0.3 is 0 Å². The molecule has 60 valence electrons. The third kappa shape index (κ3) is 3.02. The zero-order chi connectivity index (χ0) is 8.36. The van der Waals surface area contributed by atoms with E-state index in [9.17, 15) is 0 Å². The Balaban J connectivity index is 3.99. The van der Waals surface area contributed by atoms with E-state index in [0.29, 0.717) is 6.04 Å². The number of likely N-dealkylation sites (N-methyl/N-ethyl adjacent to an activating group) is 1. The van der Waals surface area contributed by atoms with Gasteiger partial charge < -0.3 is 4.48 Å². The quantitative estimate of drug-likeness (QED) is 0.418. The number of quaternary nitrogens is 1. The maximum absolute atomic E-state index is 3.91. The van der Waals surface area contributed by atoms with Crippen molar-refractivity contribution in [3.8, 4) is 0 Å². The van der Waals surface area contributed by atoms with Gasteiger partial charge in [0.2, 0.25) is 0 Å². The molecule has 0 aromatic heterocycles. The summed E-state index contributed by atoms with van der Waals surface area (Å²) in [6, 6.07) is 0.677. The molecule has 1 heteroatoms. The van der Waals surface area contributed by atoms with E-state index in [1.54, 1.807) is 0 Å². The third-order valence-corrected chi connectivity index (χ3v) is 2.08. The van der Waals surface area contributed by atoms with Gasteiger partial charge in [-0.15, -0.1) is 0 Å². The molecule has 0 aliphatic rings. The van der Waals surface area contributed by atoms with E-state index >= 15 is 0 Å². The molecule has 0 saturated heterocycles. The highest BCUT2D eigenvalue weighted by Gasteiger charge is 2.18. The lowest BCUT2D eigenvalue weighted by atomic mass is 10.2. The van der Waals surface area contributed by atoms with Gasteiger partial charge in [0.05, 0.1) is 26.7 Å². The molecule has 0 spiro atoms. The van der Waals surface area contributed by atoms with Gasteiger partial charge in [-0.2, -0.15) is 0 Å². The lowest BCUT2D eigenvalue weighted by Crippen LogP contribution is -2.46. The van der Waals surface area contributed by atoms with E-state index in [-0.39, 0.29) is 0 Å². The SMILES string of the molecule is C=C(C)C[N+](C)(C)C(C)C. The molecule has 0 heterocycles. The van der Waals surface area contributed by atoms with Gasteiger partial charge in [0.1, 0.15) is 0 Å². The molecule has 1 nitrogen and oxygen atoms in total. The van der Waals surface area contributed by atoms with Crippen LogP contribution in [0.3, 0.4) is 0 Å². The van der Waals surface area contributed by atoms with Gasteiger partial charge in [0.25, 0.3) is 0 Å². The van der Waals surface area contributed by atoms with Crippen LogP contribution in [-0.4, -0.2) is 31.2 Å². The predicted molar refractivity (Wildman–Crippen MR) is 46.9 cm³/mol. The summed E-state index contributed by atoms with van der Waals surface area (Å²) in [4.78, 5) is 0. The maximum atomic E-state index is 3.91. The minimum atomic E-state index is 0.677. The molecule has 0 rings (SSSR count). The topological polar surface area (TPSA) is 0 Å². The normalized spacial score (nSPS) is 12.2. The molecule has 0 fully saturated rings. The highest BCUT2D eigenvalue weighted by Crippen LogP contribution is 2.07. The van der Waals surface area contributed by atoms with Crippen LogP contribution in [0.15, 0.2) is 12.2 Å². The van der Waals surface area contributed by atoms with Crippen LogP contribution >= 0.6 is 0 Å². The summed E-state index contributed by atoms with van der Waals surface area (Å²) in [5.74, 6) is 0. The molecule has 10 heavy (non-hydrogen) atoms. The first-order chi connectivity index (χ1) is 4.36. The highest BCUT2D eigenvalue weighted by atomic mass is 15.3. The summed E-state index contributed by atoms with van der Waals surface area (Å²) in [6.07, 6.45) is 0. The van der Waals surface area contributed by atoms with Crippen LogP contribution in [0, 0.1) is 0 Å². The molecule has 0 radical (unpaired) electrons. The molecule has 0 atom stereocenters. The Bertz CT molecular complexity index is 123. The van der Waals surface area contributed by atoms with E-state index in [1.807, 2.05) is 0 Å². The molecule has 0 aromatic carbocycles. The molecule has 0 aliphatic heterocycles. The second-order valence-corrected chi connectivity index (χ2v) is 3.99. The average molecular weight is 142 g/mol. The Labute approximate surface area is 64.9 Å². The van der Waals surface area contributed by atoms with Gasteiger partial charge in [-0.05, 0) is 26.3 Å². The fourth-order valence-electron chi connectivity index (χ4n) is 0.878. The van der Waals surface area contributed by atoms with Gasteiger partial charge in [0, 0.05) is 0 Å². The largest absolute Gasteiger partial charge is 0.323 e. The van der Waals surface area contributed by atoms with E-state index < -0.39 is 0 Å². The minimum Gasteiger partial charge on any atom is -0.323 e. The number of rotatable bonds is 3. The first-order valence-electron chi connectivity index (χ1n) is 3.83. The molecule has 0 N–H and O–H groups in total. The first kappa shape index (κ1) is 9.70. The Hall–Kier alpha value is -0.300. The van der Waals surface area contributed by atoms with Gasteiger partial charge in [-0.1, -0.05) is 6.58 Å². The monoisotopic (exact) mass is 142 g/mol. The molecular formula is C9H20N+. The van der Waals surface area contributed by atoms with Crippen molar-refractivity contribution < 1.29 is 4.48 Å². The first-order valence-corrected chi connectivity index (χ1v) is 3.83. The van der Waals surface area contributed by atoms with Crippen molar-refractivity contribution in [2.75, 3.05) is 20.6 Å². The van der Waals surface area contributed by atoms with E-state index in [2.05, 4.69) is 41.4 Å². The predicted octanol–water partition coefficient (Wildman–Crippen LogP) is 2.05. The number of hydrogen-bond acceptors (Lipinski definition) is 0. The van der Waals surface area contributed by atoms with Crippen LogP contribution in [0.1, 0.15) is 20.8 Å². The minimum absolute atomic E-state index is 0.677. The van der Waals surface area contributed by atoms with E-state index in [0.717, 1.165) is 11.0 Å². The Kier molecular flexibility index (Phi) is 3.10. The molecule has 0 aromatic rings. The Morgan fingerprint density at radius 2 is 1.80 bits per heavy atom. The fourth-order valence-corrected chi connectivity index (χ4v) is 0.878. The zero-order valence-electron chi connectivity index (χ0n) is 7.94. The zero-order valence-corrected chi connectivity index (χ0v) is 7.94. The van der Waals surface area contributed by atoms with Gasteiger partial charge in [-0.3, -0.25) is 0 Å². The van der Waals surface area contributed by atoms with E-state index in [4.69, 9.17) is 0 Å². The molecule has 0 unspecified atom stereocenters. The van der Waals surface area contributed by atoms with Crippen LogP contribution in [0.25, 0.3) is 0 Å². The van der Waals surface area contributed by atoms with Crippen LogP contribution in [0.5, 0.6) is 0 Å². The summed E-state index contributed by atoms with van der Waals surface area (Å²) in [5.41, 5.74) is 1.26. The van der Waals surface area contributed by atoms with Crippen molar-refractivity contribution in [2.24, 2.45) is 0 Å². The lowest BCUT2D eigenvalue weighted by molar-refractivity contribution is -0.906. The Morgan fingerprint density at radius 3 is 1.90 bits per heavy atom. The van der Waals surface area contributed by atoms with Crippen molar-refractivity contribution in [3.05, 3.63) is 12.2 Å². The summed E-state index contributed by atoms with van der Waals surface area (Å²) in [6.45, 7) is 11.6. The summed E-state index contributed by atoms with van der Waals surface area (Å²) in [5, 5.41) is 0. The molecular weight excluding hydrogens is 122 g/mol. The van der Waals surface area contributed by atoms with Crippen LogP contribution in [-0.2, 0) is 0 Å². The van der Waals surface area contributed by atoms with Crippen LogP contribution in [0.2, 0.25) is 0 Å². The summed E-state index contributed by atoms with van der Waals surface area (Å²) in [7, 11) is 4.47. The van der Waals surface area contributed by atoms with E-state index in [1.165, 1.54) is 5.57 Å². The lowest BCUT2D eigenvalue weighted by Gasteiger charge is -2.34. The summed E-state index contributed by atoms with van der Waals surface area (Å²) >= 11 is 0. The van der Waals surface area contributed by atoms with Crippen molar-refractivity contribution in [2.45, 2.75) is 26.8 Å². The van der Waals surface area contributed by atoms with Crippen LogP contribution < -0.4 is 0 Å². The highest BCUT2D eigenvalue weighted by molar-refractivity contribution is 4.87. The number of hydrogen-bond donors (Lipinski definition) is 0. The number of nitrogens with zero attached hydrogens (tertiary/aromatic N) is 1. The van der Waals surface area contributed by atoms with Gasteiger partial charge in [-0.25, -0.2) is 0 Å².